The van der Waals surface area contributed by atoms with Crippen LogP contribution in [-0.4, -0.2) is 32.2 Å². The van der Waals surface area contributed by atoms with Gasteiger partial charge in [0.05, 0.1) is 6.61 Å². The first-order valence-corrected chi connectivity index (χ1v) is 6.25. The maximum atomic E-state index is 12.6. The molecule has 0 fully saturated rings. The Morgan fingerprint density at radius 1 is 1.33 bits per heavy atom. The van der Waals surface area contributed by atoms with Gasteiger partial charge >= 0.3 is 0 Å². The second kappa shape index (κ2) is 6.83. The van der Waals surface area contributed by atoms with Gasteiger partial charge in [0.2, 0.25) is 0 Å². The van der Waals surface area contributed by atoms with Crippen LogP contribution in [0.2, 0.25) is 0 Å². The van der Waals surface area contributed by atoms with Gasteiger partial charge in [-0.25, -0.2) is 4.39 Å². The number of halogens is 1. The van der Waals surface area contributed by atoms with Crippen LogP contribution in [0.4, 0.5) is 4.39 Å². The molecule has 0 saturated heterocycles. The number of hydrogen-bond donors (Lipinski definition) is 2. The van der Waals surface area contributed by atoms with Crippen LogP contribution in [-0.2, 0) is 0 Å². The molecule has 0 aromatic heterocycles. The van der Waals surface area contributed by atoms with Gasteiger partial charge in [0.25, 0.3) is 0 Å². The molecule has 1 aromatic rings. The summed E-state index contributed by atoms with van der Waals surface area (Å²) in [6.07, 6.45) is 1.97. The van der Waals surface area contributed by atoms with Gasteiger partial charge in [-0.15, -0.1) is 0 Å². The minimum Gasteiger partial charge on any atom is -0.494 e. The maximum absolute atomic E-state index is 12.6. The molecule has 0 bridgehead atoms. The minimum absolute atomic E-state index is 0.245. The molecule has 0 spiro atoms. The fraction of sp³-hybridized carbons (Fsp3) is 0.462. The molecule has 0 unspecified atom stereocenters. The van der Waals surface area contributed by atoms with Gasteiger partial charge in [0.15, 0.2) is 5.96 Å². The largest absolute Gasteiger partial charge is 0.494 e. The van der Waals surface area contributed by atoms with Gasteiger partial charge in [0.1, 0.15) is 11.6 Å². The average molecular weight is 251 g/mol. The summed E-state index contributed by atoms with van der Waals surface area (Å²) >= 11 is 0. The van der Waals surface area contributed by atoms with E-state index in [0.717, 1.165) is 38.4 Å². The molecule has 1 aliphatic rings. The van der Waals surface area contributed by atoms with Gasteiger partial charge in [-0.2, -0.15) is 0 Å². The normalized spacial score (nSPS) is 14.6. The quantitative estimate of drug-likeness (QED) is 0.780. The summed E-state index contributed by atoms with van der Waals surface area (Å²) in [5.74, 6) is 1.33. The van der Waals surface area contributed by atoms with Gasteiger partial charge in [-0.3, -0.25) is 4.99 Å². The lowest BCUT2D eigenvalue weighted by Crippen LogP contribution is -2.41. The Labute approximate surface area is 106 Å². The average Bonchev–Trinajstić information content (AvgIpc) is 2.42. The second-order valence-electron chi connectivity index (χ2n) is 4.09. The summed E-state index contributed by atoms with van der Waals surface area (Å²) in [7, 11) is 0. The van der Waals surface area contributed by atoms with Gasteiger partial charge < -0.3 is 15.4 Å². The molecule has 0 saturated carbocycles. The minimum atomic E-state index is -0.245. The van der Waals surface area contributed by atoms with E-state index in [0.29, 0.717) is 12.4 Å². The SMILES string of the molecule is Fc1ccc(OCCCNC2=NCCCN2)cc1. The van der Waals surface area contributed by atoms with Crippen LogP contribution in [0.1, 0.15) is 12.8 Å². The second-order valence-corrected chi connectivity index (χ2v) is 4.09. The highest BCUT2D eigenvalue weighted by Crippen LogP contribution is 2.10. The Bertz CT molecular complexity index is 392. The fourth-order valence-electron chi connectivity index (χ4n) is 1.65. The highest BCUT2D eigenvalue weighted by molar-refractivity contribution is 5.80. The number of rotatable bonds is 5. The lowest BCUT2D eigenvalue weighted by atomic mass is 10.3. The molecule has 1 aromatic carbocycles. The fourth-order valence-corrected chi connectivity index (χ4v) is 1.65. The lowest BCUT2D eigenvalue weighted by Gasteiger charge is -2.15. The van der Waals surface area contributed by atoms with E-state index in [1.54, 1.807) is 12.1 Å². The molecular formula is C13H18FN3O. The van der Waals surface area contributed by atoms with E-state index in [-0.39, 0.29) is 5.82 Å². The first-order chi connectivity index (χ1) is 8.84. The van der Waals surface area contributed by atoms with Crippen molar-refractivity contribution in [1.29, 1.82) is 0 Å². The summed E-state index contributed by atoms with van der Waals surface area (Å²) in [4.78, 5) is 4.31. The van der Waals surface area contributed by atoms with Crippen molar-refractivity contribution in [3.8, 4) is 5.75 Å². The summed E-state index contributed by atoms with van der Waals surface area (Å²) in [6.45, 7) is 3.29. The third-order valence-electron chi connectivity index (χ3n) is 2.59. The number of guanidine groups is 1. The Balaban J connectivity index is 1.58. The summed E-state index contributed by atoms with van der Waals surface area (Å²) in [5, 5.41) is 6.41. The van der Waals surface area contributed by atoms with Gasteiger partial charge in [0, 0.05) is 19.6 Å². The molecule has 4 nitrogen and oxygen atoms in total. The third-order valence-corrected chi connectivity index (χ3v) is 2.59. The predicted octanol–water partition coefficient (Wildman–Crippen LogP) is 1.53. The number of aliphatic imine (C=N–C) groups is 1. The Morgan fingerprint density at radius 3 is 2.89 bits per heavy atom. The monoisotopic (exact) mass is 251 g/mol. The first-order valence-electron chi connectivity index (χ1n) is 6.25. The summed E-state index contributed by atoms with van der Waals surface area (Å²) < 4.78 is 18.1. The molecule has 0 amide bonds. The van der Waals surface area contributed by atoms with Gasteiger partial charge in [-0.1, -0.05) is 0 Å². The molecule has 5 heteroatoms. The molecule has 0 atom stereocenters. The molecular weight excluding hydrogens is 233 g/mol. The Morgan fingerprint density at radius 2 is 2.17 bits per heavy atom. The maximum Gasteiger partial charge on any atom is 0.191 e. The van der Waals surface area contributed by atoms with Crippen molar-refractivity contribution in [3.05, 3.63) is 30.1 Å². The van der Waals surface area contributed by atoms with Gasteiger partial charge in [-0.05, 0) is 37.1 Å². The number of ether oxygens (including phenoxy) is 1. The van der Waals surface area contributed by atoms with E-state index in [2.05, 4.69) is 15.6 Å². The molecule has 1 heterocycles. The van der Waals surface area contributed by atoms with Crippen LogP contribution in [0.5, 0.6) is 5.75 Å². The first kappa shape index (κ1) is 12.7. The highest BCUT2D eigenvalue weighted by atomic mass is 19.1. The number of hydrogen-bond acceptors (Lipinski definition) is 4. The Hall–Kier alpha value is -1.78. The number of nitrogens with zero attached hydrogens (tertiary/aromatic N) is 1. The zero-order valence-electron chi connectivity index (χ0n) is 10.3. The Kier molecular flexibility index (Phi) is 4.81. The lowest BCUT2D eigenvalue weighted by molar-refractivity contribution is 0.310. The van der Waals surface area contributed by atoms with Crippen LogP contribution in [0.25, 0.3) is 0 Å². The van der Waals surface area contributed by atoms with Crippen molar-refractivity contribution in [3.63, 3.8) is 0 Å². The van der Waals surface area contributed by atoms with E-state index >= 15 is 0 Å². The van der Waals surface area contributed by atoms with Crippen LogP contribution in [0.3, 0.4) is 0 Å². The van der Waals surface area contributed by atoms with E-state index in [4.69, 9.17) is 4.74 Å². The summed E-state index contributed by atoms with van der Waals surface area (Å²) in [5.41, 5.74) is 0. The smallest absolute Gasteiger partial charge is 0.191 e. The van der Waals surface area contributed by atoms with Crippen molar-refractivity contribution >= 4 is 5.96 Å². The highest BCUT2D eigenvalue weighted by Gasteiger charge is 2.02. The summed E-state index contributed by atoms with van der Waals surface area (Å²) in [6, 6.07) is 6.06. The van der Waals surface area contributed by atoms with Crippen LogP contribution < -0.4 is 15.4 Å². The van der Waals surface area contributed by atoms with Crippen molar-refractivity contribution in [2.24, 2.45) is 4.99 Å². The standard InChI is InChI=1S/C13H18FN3O/c14-11-3-5-12(6-4-11)18-10-2-9-17-13-15-7-1-8-16-13/h3-6H,1-2,7-10H2,(H2,15,16,17). The van der Waals surface area contributed by atoms with Crippen LogP contribution >= 0.6 is 0 Å². The molecule has 1 aliphatic heterocycles. The molecule has 0 aliphatic carbocycles. The van der Waals surface area contributed by atoms with Crippen LogP contribution in [0, 0.1) is 5.82 Å². The van der Waals surface area contributed by atoms with E-state index < -0.39 is 0 Å². The predicted molar refractivity (Wildman–Crippen MR) is 69.4 cm³/mol. The van der Waals surface area contributed by atoms with Crippen LogP contribution in [0.15, 0.2) is 29.3 Å². The third kappa shape index (κ3) is 4.24. The zero-order chi connectivity index (χ0) is 12.6. The number of benzene rings is 1. The van der Waals surface area contributed by atoms with E-state index in [1.165, 1.54) is 12.1 Å². The van der Waals surface area contributed by atoms with Crippen molar-refractivity contribution in [2.45, 2.75) is 12.8 Å². The molecule has 0 radical (unpaired) electrons. The van der Waals surface area contributed by atoms with Crippen molar-refractivity contribution in [2.75, 3.05) is 26.2 Å². The number of nitrogens with one attached hydrogen (secondary N) is 2. The van der Waals surface area contributed by atoms with E-state index in [9.17, 15) is 4.39 Å². The zero-order valence-corrected chi connectivity index (χ0v) is 10.3. The van der Waals surface area contributed by atoms with E-state index in [1.807, 2.05) is 0 Å². The van der Waals surface area contributed by atoms with Crippen molar-refractivity contribution < 1.29 is 9.13 Å². The topological polar surface area (TPSA) is 45.6 Å². The molecule has 2 rings (SSSR count). The molecule has 2 N–H and O–H groups in total. The van der Waals surface area contributed by atoms with Crippen molar-refractivity contribution in [1.82, 2.24) is 10.6 Å². The molecule has 18 heavy (non-hydrogen) atoms. The molecule has 98 valence electrons.